The van der Waals surface area contributed by atoms with Gasteiger partial charge in [-0.15, -0.1) is 0 Å². The molecule has 3 nitrogen and oxygen atoms in total. The molecule has 1 aliphatic heterocycles. The highest BCUT2D eigenvalue weighted by Gasteiger charge is 2.47. The highest BCUT2D eigenvalue weighted by atomic mass is 16.2. The molecule has 68 valence electrons. The van der Waals surface area contributed by atoms with Crippen LogP contribution in [0.4, 0.5) is 0 Å². The molecule has 0 bridgehead atoms. The molecule has 0 spiro atoms. The number of carbonyl (C=O) groups is 2. The van der Waals surface area contributed by atoms with Crippen LogP contribution in [0.5, 0.6) is 0 Å². The van der Waals surface area contributed by atoms with E-state index in [1.807, 2.05) is 13.8 Å². The van der Waals surface area contributed by atoms with Crippen molar-refractivity contribution in [1.82, 2.24) is 5.32 Å². The third-order valence-electron chi connectivity index (χ3n) is 2.28. The molecule has 0 radical (unpaired) electrons. The van der Waals surface area contributed by atoms with Gasteiger partial charge in [0.05, 0.1) is 5.54 Å². The lowest BCUT2D eigenvalue weighted by Crippen LogP contribution is -2.39. The minimum atomic E-state index is -0.661. The molecule has 1 unspecified atom stereocenters. The molecule has 1 heterocycles. The fourth-order valence-corrected chi connectivity index (χ4v) is 1.56. The number of rotatable bonds is 1. The first-order chi connectivity index (χ1) is 5.36. The summed E-state index contributed by atoms with van der Waals surface area (Å²) in [5, 5.41) is 2.69. The Balaban J connectivity index is 2.93. The van der Waals surface area contributed by atoms with Crippen LogP contribution in [0.2, 0.25) is 0 Å². The van der Waals surface area contributed by atoms with Crippen LogP contribution in [0.15, 0.2) is 0 Å². The van der Waals surface area contributed by atoms with E-state index in [4.69, 9.17) is 0 Å². The van der Waals surface area contributed by atoms with E-state index in [1.54, 1.807) is 13.8 Å². The minimum Gasteiger partial charge on any atom is -0.343 e. The van der Waals surface area contributed by atoms with E-state index in [9.17, 15) is 9.59 Å². The van der Waals surface area contributed by atoms with E-state index in [-0.39, 0.29) is 17.6 Å². The van der Waals surface area contributed by atoms with Gasteiger partial charge in [-0.05, 0) is 19.8 Å². The first-order valence-electron chi connectivity index (χ1n) is 4.22. The van der Waals surface area contributed by atoms with E-state index in [1.165, 1.54) is 0 Å². The standard InChI is InChI=1S/C9H15NO2/c1-5(2)6-7(11)9(3,4)10-8(6)12/h5-6H,1-4H3,(H,10,12). The molecule has 0 aromatic carbocycles. The van der Waals surface area contributed by atoms with E-state index >= 15 is 0 Å². The number of carbonyl (C=O) groups excluding carboxylic acids is 2. The first kappa shape index (κ1) is 9.23. The second-order valence-electron chi connectivity index (χ2n) is 4.20. The van der Waals surface area contributed by atoms with Gasteiger partial charge in [0.1, 0.15) is 5.92 Å². The third-order valence-corrected chi connectivity index (χ3v) is 2.28. The molecular weight excluding hydrogens is 154 g/mol. The third kappa shape index (κ3) is 1.24. The topological polar surface area (TPSA) is 46.2 Å². The highest BCUT2D eigenvalue weighted by molar-refractivity contribution is 6.12. The maximum Gasteiger partial charge on any atom is 0.231 e. The zero-order chi connectivity index (χ0) is 9.52. The molecule has 1 fully saturated rings. The van der Waals surface area contributed by atoms with Gasteiger partial charge in [-0.2, -0.15) is 0 Å². The smallest absolute Gasteiger partial charge is 0.231 e. The van der Waals surface area contributed by atoms with Crippen molar-refractivity contribution in [2.24, 2.45) is 11.8 Å². The van der Waals surface area contributed by atoms with Crippen LogP contribution in [-0.4, -0.2) is 17.2 Å². The Labute approximate surface area is 72.5 Å². The van der Waals surface area contributed by atoms with Crippen LogP contribution >= 0.6 is 0 Å². The number of hydrogen-bond donors (Lipinski definition) is 1. The molecule has 1 atom stereocenters. The summed E-state index contributed by atoms with van der Waals surface area (Å²) in [5.41, 5.74) is -0.661. The summed E-state index contributed by atoms with van der Waals surface area (Å²) < 4.78 is 0. The molecule has 1 N–H and O–H groups in total. The number of Topliss-reactive ketones (excluding diaryl/α,β-unsaturated/α-hetero) is 1. The lowest BCUT2D eigenvalue weighted by Gasteiger charge is -2.15. The molecule has 1 aliphatic rings. The fraction of sp³-hybridized carbons (Fsp3) is 0.778. The van der Waals surface area contributed by atoms with Crippen LogP contribution in [0, 0.1) is 11.8 Å². The molecule has 1 saturated heterocycles. The summed E-state index contributed by atoms with van der Waals surface area (Å²) in [5.74, 6) is -0.457. The predicted molar refractivity (Wildman–Crippen MR) is 45.6 cm³/mol. The maximum absolute atomic E-state index is 11.6. The molecule has 0 aromatic rings. The molecule has 1 rings (SSSR count). The highest BCUT2D eigenvalue weighted by Crippen LogP contribution is 2.25. The van der Waals surface area contributed by atoms with Crippen molar-refractivity contribution in [3.05, 3.63) is 0 Å². The summed E-state index contributed by atoms with van der Waals surface area (Å²) in [6, 6.07) is 0. The molecule has 0 saturated carbocycles. The first-order valence-corrected chi connectivity index (χ1v) is 4.22. The van der Waals surface area contributed by atoms with Crippen LogP contribution in [-0.2, 0) is 9.59 Å². The zero-order valence-electron chi connectivity index (χ0n) is 7.97. The van der Waals surface area contributed by atoms with Gasteiger partial charge >= 0.3 is 0 Å². The molecule has 1 amide bonds. The molecule has 3 heteroatoms. The van der Waals surface area contributed by atoms with Gasteiger partial charge in [0.15, 0.2) is 5.78 Å². The minimum absolute atomic E-state index is 0.0162. The summed E-state index contributed by atoms with van der Waals surface area (Å²) in [6.07, 6.45) is 0. The normalized spacial score (nSPS) is 27.9. The van der Waals surface area contributed by atoms with Crippen LogP contribution in [0.25, 0.3) is 0 Å². The summed E-state index contributed by atoms with van der Waals surface area (Å²) >= 11 is 0. The lowest BCUT2D eigenvalue weighted by molar-refractivity contribution is -0.130. The average molecular weight is 169 g/mol. The quantitative estimate of drug-likeness (QED) is 0.588. The fourth-order valence-electron chi connectivity index (χ4n) is 1.56. The number of amides is 1. The average Bonchev–Trinajstić information content (AvgIpc) is 2.02. The van der Waals surface area contributed by atoms with Crippen molar-refractivity contribution in [2.75, 3.05) is 0 Å². The van der Waals surface area contributed by atoms with Crippen LogP contribution in [0.3, 0.4) is 0 Å². The maximum atomic E-state index is 11.6. The Bertz CT molecular complexity index is 231. The van der Waals surface area contributed by atoms with Crippen LogP contribution in [0.1, 0.15) is 27.7 Å². The van der Waals surface area contributed by atoms with E-state index in [2.05, 4.69) is 5.32 Å². The van der Waals surface area contributed by atoms with Gasteiger partial charge in [0, 0.05) is 0 Å². The van der Waals surface area contributed by atoms with Gasteiger partial charge in [-0.25, -0.2) is 0 Å². The predicted octanol–water partition coefficient (Wildman–Crippen LogP) is 0.736. The lowest BCUT2D eigenvalue weighted by atomic mass is 9.87. The Kier molecular flexibility index (Phi) is 1.98. The van der Waals surface area contributed by atoms with Crippen molar-refractivity contribution < 1.29 is 9.59 Å². The molecular formula is C9H15NO2. The van der Waals surface area contributed by atoms with Crippen LogP contribution < -0.4 is 5.32 Å². The van der Waals surface area contributed by atoms with Crippen molar-refractivity contribution >= 4 is 11.7 Å². The van der Waals surface area contributed by atoms with Gasteiger partial charge in [0.25, 0.3) is 0 Å². The van der Waals surface area contributed by atoms with Gasteiger partial charge in [0.2, 0.25) is 5.91 Å². The Morgan fingerprint density at radius 3 is 2.00 bits per heavy atom. The monoisotopic (exact) mass is 169 g/mol. The van der Waals surface area contributed by atoms with Gasteiger partial charge in [-0.3, -0.25) is 9.59 Å². The van der Waals surface area contributed by atoms with Crippen molar-refractivity contribution in [3.8, 4) is 0 Å². The molecule has 0 aromatic heterocycles. The summed E-state index contributed by atoms with van der Waals surface area (Å²) in [7, 11) is 0. The van der Waals surface area contributed by atoms with E-state index in [0.29, 0.717) is 0 Å². The Morgan fingerprint density at radius 2 is 1.83 bits per heavy atom. The van der Waals surface area contributed by atoms with Gasteiger partial charge < -0.3 is 5.32 Å². The van der Waals surface area contributed by atoms with Crippen molar-refractivity contribution in [3.63, 3.8) is 0 Å². The van der Waals surface area contributed by atoms with Gasteiger partial charge in [-0.1, -0.05) is 13.8 Å². The van der Waals surface area contributed by atoms with Crippen molar-refractivity contribution in [2.45, 2.75) is 33.2 Å². The number of ketones is 1. The Hall–Kier alpha value is -0.860. The van der Waals surface area contributed by atoms with E-state index < -0.39 is 11.5 Å². The van der Waals surface area contributed by atoms with Crippen molar-refractivity contribution in [1.29, 1.82) is 0 Å². The zero-order valence-corrected chi connectivity index (χ0v) is 7.97. The Morgan fingerprint density at radius 1 is 1.33 bits per heavy atom. The number of nitrogens with one attached hydrogen (secondary N) is 1. The van der Waals surface area contributed by atoms with E-state index in [0.717, 1.165) is 0 Å². The summed E-state index contributed by atoms with van der Waals surface area (Å²) in [6.45, 7) is 7.28. The second kappa shape index (κ2) is 2.57. The second-order valence-corrected chi connectivity index (χ2v) is 4.20. The SMILES string of the molecule is CC(C)C1C(=O)NC(C)(C)C1=O. The number of hydrogen-bond acceptors (Lipinski definition) is 2. The largest absolute Gasteiger partial charge is 0.343 e. The molecule has 12 heavy (non-hydrogen) atoms. The molecule has 0 aliphatic carbocycles. The summed E-state index contributed by atoms with van der Waals surface area (Å²) in [4.78, 5) is 22.9.